The van der Waals surface area contributed by atoms with Crippen LogP contribution in [0.5, 0.6) is 11.5 Å². The molecule has 3 aromatic rings. The number of benzene rings is 3. The van der Waals surface area contributed by atoms with Crippen LogP contribution < -0.4 is 9.47 Å². The smallest absolute Gasteiger partial charge is 0.231 e. The fourth-order valence-corrected chi connectivity index (χ4v) is 6.74. The molecule has 0 aliphatic carbocycles. The fraction of sp³-hybridized carbons (Fsp3) is 0.471. The predicted molar refractivity (Wildman–Crippen MR) is 156 cm³/mol. The van der Waals surface area contributed by atoms with E-state index in [0.29, 0.717) is 6.79 Å². The topological polar surface area (TPSA) is 34.2 Å². The van der Waals surface area contributed by atoms with Crippen molar-refractivity contribution in [1.82, 2.24) is 9.80 Å². The average molecular weight is 563 g/mol. The zero-order chi connectivity index (χ0) is 28.2. The summed E-state index contributed by atoms with van der Waals surface area (Å²) < 4.78 is 45.0. The number of hydrogen-bond acceptors (Lipinski definition) is 5. The first-order valence-corrected chi connectivity index (χ1v) is 15.1. The molecule has 0 saturated carbocycles. The first kappa shape index (κ1) is 28.1. The van der Waals surface area contributed by atoms with Gasteiger partial charge in [0.05, 0.1) is 12.2 Å². The zero-order valence-electron chi connectivity index (χ0n) is 23.9. The average Bonchev–Trinajstić information content (AvgIpc) is 3.47. The first-order chi connectivity index (χ1) is 20.0. The highest BCUT2D eigenvalue weighted by Crippen LogP contribution is 2.45. The van der Waals surface area contributed by atoms with Crippen LogP contribution in [0.4, 0.5) is 8.78 Å². The van der Waals surface area contributed by atoms with Gasteiger partial charge in [0.2, 0.25) is 6.79 Å². The van der Waals surface area contributed by atoms with E-state index in [1.165, 1.54) is 35.4 Å². The summed E-state index contributed by atoms with van der Waals surface area (Å²) in [7, 11) is 0. The van der Waals surface area contributed by atoms with Gasteiger partial charge in [0.1, 0.15) is 11.6 Å². The summed E-state index contributed by atoms with van der Waals surface area (Å²) >= 11 is 0. The van der Waals surface area contributed by atoms with Crippen molar-refractivity contribution in [2.75, 3.05) is 52.7 Å². The highest BCUT2D eigenvalue weighted by atomic mass is 19.1. The molecule has 0 spiro atoms. The van der Waals surface area contributed by atoms with Crippen molar-refractivity contribution in [3.05, 3.63) is 94.6 Å². The Morgan fingerprint density at radius 3 is 2.00 bits per heavy atom. The fourth-order valence-electron chi connectivity index (χ4n) is 6.74. The van der Waals surface area contributed by atoms with Crippen molar-refractivity contribution in [1.29, 1.82) is 0 Å². The van der Waals surface area contributed by atoms with Gasteiger partial charge < -0.3 is 24.0 Å². The third-order valence-electron chi connectivity index (χ3n) is 9.22. The van der Waals surface area contributed by atoms with Gasteiger partial charge in [0.15, 0.2) is 11.5 Å². The number of rotatable bonds is 10. The second-order valence-electron chi connectivity index (χ2n) is 11.5. The van der Waals surface area contributed by atoms with E-state index in [4.69, 9.17) is 14.2 Å². The van der Waals surface area contributed by atoms with Gasteiger partial charge in [0, 0.05) is 38.6 Å². The molecule has 0 N–H and O–H groups in total. The van der Waals surface area contributed by atoms with Gasteiger partial charge in [-0.25, -0.2) is 8.78 Å². The maximum atomic E-state index is 13.6. The van der Waals surface area contributed by atoms with Crippen molar-refractivity contribution >= 4 is 0 Å². The minimum absolute atomic E-state index is 0.124. The van der Waals surface area contributed by atoms with Gasteiger partial charge in [-0.1, -0.05) is 31.2 Å². The predicted octanol–water partition coefficient (Wildman–Crippen LogP) is 6.49. The monoisotopic (exact) mass is 562 g/mol. The summed E-state index contributed by atoms with van der Waals surface area (Å²) in [5.41, 5.74) is 4.46. The van der Waals surface area contributed by atoms with Gasteiger partial charge in [-0.15, -0.1) is 0 Å². The maximum Gasteiger partial charge on any atom is 0.231 e. The number of fused-ring (bicyclic) bond motifs is 2. The van der Waals surface area contributed by atoms with Crippen LogP contribution in [0.25, 0.3) is 0 Å². The van der Waals surface area contributed by atoms with E-state index in [1.54, 1.807) is 0 Å². The molecule has 1 fully saturated rings. The summed E-state index contributed by atoms with van der Waals surface area (Å²) in [6.07, 6.45) is 4.77. The second kappa shape index (κ2) is 12.5. The molecule has 0 aromatic heterocycles. The van der Waals surface area contributed by atoms with Gasteiger partial charge in [0.25, 0.3) is 0 Å². The minimum Gasteiger partial charge on any atom is -0.454 e. The lowest BCUT2D eigenvalue weighted by atomic mass is 9.81. The highest BCUT2D eigenvalue weighted by Gasteiger charge is 2.38. The molecule has 3 heterocycles. The van der Waals surface area contributed by atoms with E-state index in [0.717, 1.165) is 101 Å². The quantitative estimate of drug-likeness (QED) is 0.282. The molecule has 218 valence electrons. The Bertz CT molecular complexity index is 1260. The van der Waals surface area contributed by atoms with Crippen LogP contribution in [0, 0.1) is 11.6 Å². The van der Waals surface area contributed by atoms with Crippen molar-refractivity contribution in [3.8, 4) is 11.5 Å². The van der Waals surface area contributed by atoms with E-state index in [-0.39, 0.29) is 23.2 Å². The van der Waals surface area contributed by atoms with Crippen LogP contribution >= 0.6 is 0 Å². The molecular formula is C34H40F2N2O3. The molecule has 1 unspecified atom stereocenters. The standard InChI is InChI=1S/C34H40F2N2O3/c1-2-34(31-23-33-32(39-24-40-33)22-27(31)13-21-41-34)14-16-38-19-17-37(18-20-38)15-3-4-30(25-5-9-28(35)10-6-25)26-7-11-29(36)12-8-26/h5-12,22-23,30H,2-4,13-21,24H2,1H3. The van der Waals surface area contributed by atoms with E-state index < -0.39 is 0 Å². The Kier molecular flexibility index (Phi) is 8.56. The molecule has 0 bridgehead atoms. The summed E-state index contributed by atoms with van der Waals surface area (Å²) in [5, 5.41) is 0. The number of hydrogen-bond donors (Lipinski definition) is 0. The zero-order valence-corrected chi connectivity index (χ0v) is 23.9. The van der Waals surface area contributed by atoms with Gasteiger partial charge in [-0.3, -0.25) is 0 Å². The number of nitrogens with zero attached hydrogens (tertiary/aromatic N) is 2. The van der Waals surface area contributed by atoms with E-state index in [1.807, 2.05) is 24.3 Å². The summed E-state index contributed by atoms with van der Waals surface area (Å²) in [5.74, 6) is 1.34. The molecule has 6 rings (SSSR count). The Hall–Kier alpha value is -3.00. The lowest BCUT2D eigenvalue weighted by Crippen LogP contribution is -2.48. The molecule has 5 nitrogen and oxygen atoms in total. The van der Waals surface area contributed by atoms with E-state index in [2.05, 4.69) is 28.9 Å². The van der Waals surface area contributed by atoms with Crippen molar-refractivity contribution in [3.63, 3.8) is 0 Å². The van der Waals surface area contributed by atoms with Crippen LogP contribution in [0.3, 0.4) is 0 Å². The number of ether oxygens (including phenoxy) is 3. The SMILES string of the molecule is CCC1(CCN2CCN(CCCC(c3ccc(F)cc3)c3ccc(F)cc3)CC2)OCCc2cc3c(cc21)OCO3. The van der Waals surface area contributed by atoms with Crippen LogP contribution in [-0.2, 0) is 16.8 Å². The molecule has 1 atom stereocenters. The summed E-state index contributed by atoms with van der Waals surface area (Å²) in [6, 6.07) is 17.8. The molecule has 0 amide bonds. The maximum absolute atomic E-state index is 13.6. The molecule has 3 aliphatic rings. The van der Waals surface area contributed by atoms with Gasteiger partial charge >= 0.3 is 0 Å². The van der Waals surface area contributed by atoms with Crippen molar-refractivity contribution in [2.24, 2.45) is 0 Å². The van der Waals surface area contributed by atoms with Crippen LogP contribution in [0.15, 0.2) is 60.7 Å². The van der Waals surface area contributed by atoms with Crippen molar-refractivity contribution in [2.45, 2.75) is 50.5 Å². The number of halogens is 2. The third-order valence-corrected chi connectivity index (χ3v) is 9.22. The molecule has 3 aliphatic heterocycles. The van der Waals surface area contributed by atoms with Crippen molar-refractivity contribution < 1.29 is 23.0 Å². The Morgan fingerprint density at radius 2 is 1.39 bits per heavy atom. The molecule has 3 aromatic carbocycles. The number of piperazine rings is 1. The van der Waals surface area contributed by atoms with E-state index in [9.17, 15) is 8.78 Å². The van der Waals surface area contributed by atoms with Gasteiger partial charge in [-0.2, -0.15) is 0 Å². The van der Waals surface area contributed by atoms with Crippen LogP contribution in [-0.4, -0.2) is 62.5 Å². The minimum atomic E-state index is -0.276. The lowest BCUT2D eigenvalue weighted by Gasteiger charge is -2.41. The molecular weight excluding hydrogens is 522 g/mol. The van der Waals surface area contributed by atoms with E-state index >= 15 is 0 Å². The Balaban J connectivity index is 1.01. The Morgan fingerprint density at radius 1 is 0.805 bits per heavy atom. The molecule has 41 heavy (non-hydrogen) atoms. The highest BCUT2D eigenvalue weighted by molar-refractivity contribution is 5.51. The normalized spacial score (nSPS) is 20.9. The second-order valence-corrected chi connectivity index (χ2v) is 11.5. The van der Waals surface area contributed by atoms with Gasteiger partial charge in [-0.05, 0) is 97.3 Å². The van der Waals surface area contributed by atoms with Crippen LogP contribution in [0.2, 0.25) is 0 Å². The molecule has 7 heteroatoms. The molecule has 0 radical (unpaired) electrons. The summed E-state index contributed by atoms with van der Waals surface area (Å²) in [4.78, 5) is 5.11. The van der Waals surface area contributed by atoms with Crippen LogP contribution in [0.1, 0.15) is 60.8 Å². The third kappa shape index (κ3) is 6.27. The summed E-state index contributed by atoms with van der Waals surface area (Å²) in [6.45, 7) is 9.48. The molecule has 1 saturated heterocycles. The Labute approximate surface area is 242 Å². The largest absolute Gasteiger partial charge is 0.454 e. The lowest BCUT2D eigenvalue weighted by molar-refractivity contribution is -0.0754. The first-order valence-electron chi connectivity index (χ1n) is 15.1.